The second-order valence-electron chi connectivity index (χ2n) is 5.09. The molecule has 0 spiro atoms. The Hall–Kier alpha value is -2.96. The molecule has 2 aromatic rings. The lowest BCUT2D eigenvalue weighted by atomic mass is 10.2. The number of hydrogen-bond donors (Lipinski definition) is 1. The monoisotopic (exact) mass is 316 g/mol. The Morgan fingerprint density at radius 1 is 1.35 bits per heavy atom. The Bertz CT molecular complexity index is 759. The first-order chi connectivity index (χ1) is 10.9. The summed E-state index contributed by atoms with van der Waals surface area (Å²) < 4.78 is 6.76. The molecular formula is C16H18N3O4+. The Morgan fingerprint density at radius 2 is 2.09 bits per heavy atom. The van der Waals surface area contributed by atoms with Gasteiger partial charge >= 0.3 is 0 Å². The van der Waals surface area contributed by atoms with Gasteiger partial charge in [-0.2, -0.15) is 4.57 Å². The van der Waals surface area contributed by atoms with Gasteiger partial charge in [0, 0.05) is 18.6 Å². The molecule has 0 unspecified atom stereocenters. The fourth-order valence-electron chi connectivity index (χ4n) is 2.16. The molecule has 0 fully saturated rings. The normalized spacial score (nSPS) is 10.2. The number of hydrogen-bond acceptors (Lipinski definition) is 4. The van der Waals surface area contributed by atoms with Crippen molar-refractivity contribution in [1.29, 1.82) is 0 Å². The van der Waals surface area contributed by atoms with Crippen molar-refractivity contribution in [1.82, 2.24) is 0 Å². The van der Waals surface area contributed by atoms with Gasteiger partial charge in [-0.25, -0.2) is 0 Å². The number of carbonyl (C=O) groups excluding carboxylic acids is 1. The molecule has 2 rings (SSSR count). The van der Waals surface area contributed by atoms with Crippen molar-refractivity contribution in [3.05, 3.63) is 57.9 Å². The largest absolute Gasteiger partial charge is 0.496 e. The fourth-order valence-corrected chi connectivity index (χ4v) is 2.16. The number of anilines is 1. The minimum atomic E-state index is -0.552. The second kappa shape index (κ2) is 6.87. The number of nitrogens with zero attached hydrogens (tertiary/aromatic N) is 2. The number of rotatable bonds is 5. The minimum Gasteiger partial charge on any atom is -0.496 e. The zero-order chi connectivity index (χ0) is 17.0. The summed E-state index contributed by atoms with van der Waals surface area (Å²) in [5.74, 6) is 0.0237. The van der Waals surface area contributed by atoms with Crippen molar-refractivity contribution < 1.29 is 19.0 Å². The first kappa shape index (κ1) is 16.4. The molecule has 0 aliphatic heterocycles. The van der Waals surface area contributed by atoms with Crippen molar-refractivity contribution in [2.75, 3.05) is 12.4 Å². The highest BCUT2D eigenvalue weighted by atomic mass is 16.6. The van der Waals surface area contributed by atoms with E-state index < -0.39 is 4.92 Å². The molecule has 1 heterocycles. The van der Waals surface area contributed by atoms with Gasteiger partial charge in [0.2, 0.25) is 6.54 Å². The number of carbonyl (C=O) groups is 1. The SMILES string of the molecule is COc1ccc(NC(=O)C[n+]2cccc(C)c2C)c([N+](=O)[O-])c1. The van der Waals surface area contributed by atoms with E-state index >= 15 is 0 Å². The van der Waals surface area contributed by atoms with Gasteiger partial charge in [0.05, 0.1) is 18.1 Å². The molecule has 1 N–H and O–H groups in total. The number of ether oxygens (including phenoxy) is 1. The number of benzene rings is 1. The van der Waals surface area contributed by atoms with E-state index in [9.17, 15) is 14.9 Å². The van der Waals surface area contributed by atoms with Crippen LogP contribution in [0.25, 0.3) is 0 Å². The zero-order valence-electron chi connectivity index (χ0n) is 13.2. The summed E-state index contributed by atoms with van der Waals surface area (Å²) >= 11 is 0. The smallest absolute Gasteiger partial charge is 0.296 e. The van der Waals surface area contributed by atoms with Gasteiger partial charge in [0.15, 0.2) is 11.9 Å². The maximum absolute atomic E-state index is 12.2. The number of pyridine rings is 1. The van der Waals surface area contributed by atoms with Crippen LogP contribution in [0.5, 0.6) is 5.75 Å². The predicted octanol–water partition coefficient (Wildman–Crippen LogP) is 2.15. The third kappa shape index (κ3) is 3.82. The average Bonchev–Trinajstić information content (AvgIpc) is 2.52. The van der Waals surface area contributed by atoms with E-state index in [1.807, 2.05) is 26.0 Å². The molecule has 0 atom stereocenters. The van der Waals surface area contributed by atoms with Crippen LogP contribution in [0.2, 0.25) is 0 Å². The Morgan fingerprint density at radius 3 is 2.74 bits per heavy atom. The number of nitro groups is 1. The van der Waals surface area contributed by atoms with Gasteiger partial charge in [0.1, 0.15) is 11.4 Å². The molecule has 0 aliphatic carbocycles. The zero-order valence-corrected chi connectivity index (χ0v) is 13.2. The number of nitro benzene ring substituents is 1. The maximum atomic E-state index is 12.2. The molecule has 0 bridgehead atoms. The van der Waals surface area contributed by atoms with Crippen molar-refractivity contribution in [2.24, 2.45) is 0 Å². The molecule has 120 valence electrons. The summed E-state index contributed by atoms with van der Waals surface area (Å²) in [6, 6.07) is 8.11. The highest BCUT2D eigenvalue weighted by Gasteiger charge is 2.20. The summed E-state index contributed by atoms with van der Waals surface area (Å²) in [5.41, 5.74) is 1.97. The predicted molar refractivity (Wildman–Crippen MR) is 84.4 cm³/mol. The number of amides is 1. The molecule has 1 amide bonds. The molecule has 1 aromatic heterocycles. The van der Waals surface area contributed by atoms with E-state index in [2.05, 4.69) is 5.32 Å². The van der Waals surface area contributed by atoms with Gasteiger partial charge in [-0.15, -0.1) is 0 Å². The van der Waals surface area contributed by atoms with Crippen LogP contribution in [0, 0.1) is 24.0 Å². The standard InChI is InChI=1S/C16H17N3O4/c1-11-5-4-8-18(12(11)2)10-16(20)17-14-7-6-13(23-3)9-15(14)19(21)22/h4-9H,10H2,1-3H3/p+1. The van der Waals surface area contributed by atoms with Crippen LogP contribution >= 0.6 is 0 Å². The molecule has 7 heteroatoms. The minimum absolute atomic E-state index is 0.0801. The van der Waals surface area contributed by atoms with Crippen LogP contribution in [-0.4, -0.2) is 17.9 Å². The van der Waals surface area contributed by atoms with Gasteiger partial charge in [-0.05, 0) is 25.1 Å². The van der Waals surface area contributed by atoms with Crippen LogP contribution < -0.4 is 14.6 Å². The molecule has 23 heavy (non-hydrogen) atoms. The molecule has 1 aromatic carbocycles. The molecule has 0 saturated carbocycles. The van der Waals surface area contributed by atoms with Gasteiger partial charge in [0.25, 0.3) is 11.6 Å². The third-order valence-electron chi connectivity index (χ3n) is 3.60. The van der Waals surface area contributed by atoms with E-state index in [1.165, 1.54) is 19.2 Å². The van der Waals surface area contributed by atoms with Crippen LogP contribution in [0.3, 0.4) is 0 Å². The summed E-state index contributed by atoms with van der Waals surface area (Å²) in [6.45, 7) is 3.95. The summed E-state index contributed by atoms with van der Waals surface area (Å²) in [4.78, 5) is 22.8. The lowest BCUT2D eigenvalue weighted by molar-refractivity contribution is -0.690. The molecule has 0 aliphatic rings. The number of aromatic nitrogens is 1. The van der Waals surface area contributed by atoms with Crippen molar-refractivity contribution in [3.8, 4) is 5.75 Å². The second-order valence-corrected chi connectivity index (χ2v) is 5.09. The third-order valence-corrected chi connectivity index (χ3v) is 3.60. The fraction of sp³-hybridized carbons (Fsp3) is 0.250. The molecule has 0 radical (unpaired) electrons. The highest BCUT2D eigenvalue weighted by molar-refractivity contribution is 5.92. The first-order valence-electron chi connectivity index (χ1n) is 7.00. The Kier molecular flexibility index (Phi) is 4.90. The van der Waals surface area contributed by atoms with Crippen molar-refractivity contribution in [2.45, 2.75) is 20.4 Å². The molecule has 7 nitrogen and oxygen atoms in total. The summed E-state index contributed by atoms with van der Waals surface area (Å²) in [6.07, 6.45) is 1.80. The van der Waals surface area contributed by atoms with Crippen LogP contribution in [0.15, 0.2) is 36.5 Å². The van der Waals surface area contributed by atoms with Crippen molar-refractivity contribution >= 4 is 17.3 Å². The number of nitrogens with one attached hydrogen (secondary N) is 1. The topological polar surface area (TPSA) is 85.3 Å². The maximum Gasteiger partial charge on any atom is 0.296 e. The van der Waals surface area contributed by atoms with Crippen LogP contribution in [0.4, 0.5) is 11.4 Å². The van der Waals surface area contributed by atoms with E-state index in [-0.39, 0.29) is 23.8 Å². The van der Waals surface area contributed by atoms with E-state index in [0.29, 0.717) is 5.75 Å². The van der Waals surface area contributed by atoms with Crippen LogP contribution in [-0.2, 0) is 11.3 Å². The Labute approximate surface area is 133 Å². The average molecular weight is 316 g/mol. The van der Waals surface area contributed by atoms with Gasteiger partial charge in [-0.3, -0.25) is 14.9 Å². The van der Waals surface area contributed by atoms with Gasteiger partial charge < -0.3 is 10.1 Å². The summed E-state index contributed by atoms with van der Waals surface area (Å²) in [5, 5.41) is 13.7. The molecule has 0 saturated heterocycles. The highest BCUT2D eigenvalue weighted by Crippen LogP contribution is 2.28. The molecular weight excluding hydrogens is 298 g/mol. The summed E-state index contributed by atoms with van der Waals surface area (Å²) in [7, 11) is 1.43. The quantitative estimate of drug-likeness (QED) is 0.520. The number of methoxy groups -OCH3 is 1. The van der Waals surface area contributed by atoms with Gasteiger partial charge in [-0.1, -0.05) is 0 Å². The lowest BCUT2D eigenvalue weighted by Gasteiger charge is -2.07. The van der Waals surface area contributed by atoms with E-state index in [0.717, 1.165) is 11.3 Å². The Balaban J connectivity index is 2.20. The lowest BCUT2D eigenvalue weighted by Crippen LogP contribution is -2.43. The van der Waals surface area contributed by atoms with Crippen LogP contribution in [0.1, 0.15) is 11.3 Å². The number of aryl methyl sites for hydroxylation is 1. The van der Waals surface area contributed by atoms with Crippen molar-refractivity contribution in [3.63, 3.8) is 0 Å². The van der Waals surface area contributed by atoms with E-state index in [1.54, 1.807) is 16.8 Å². The van der Waals surface area contributed by atoms with E-state index in [4.69, 9.17) is 4.74 Å². The first-order valence-corrected chi connectivity index (χ1v) is 7.00.